The highest BCUT2D eigenvalue weighted by Crippen LogP contribution is 2.52. The van der Waals surface area contributed by atoms with Gasteiger partial charge in [-0.3, -0.25) is 0 Å². The fourth-order valence-electron chi connectivity index (χ4n) is 5.78. The van der Waals surface area contributed by atoms with Gasteiger partial charge in [-0.2, -0.15) is 21.6 Å². The number of benzene rings is 6. The second-order valence-electron chi connectivity index (χ2n) is 10.9. The van der Waals surface area contributed by atoms with E-state index in [1.54, 1.807) is 6.07 Å². The van der Waals surface area contributed by atoms with E-state index in [-0.39, 0.29) is 4.70 Å². The Bertz CT molecular complexity index is 2270. The summed E-state index contributed by atoms with van der Waals surface area (Å²) in [5, 5.41) is 1.12. The van der Waals surface area contributed by atoms with Crippen LogP contribution >= 0.6 is 11.3 Å². The van der Waals surface area contributed by atoms with Gasteiger partial charge in [0.2, 0.25) is 0 Å². The number of alkyl halides is 3. The molecule has 0 atom stereocenters. The van der Waals surface area contributed by atoms with Crippen molar-refractivity contribution in [1.29, 1.82) is 0 Å². The topological polar surface area (TPSA) is 59.1 Å². The number of rotatable bonds is 9. The molecule has 1 aromatic heterocycles. The Morgan fingerprint density at radius 1 is 0.571 bits per heavy atom. The molecule has 1 heterocycles. The molecule has 6 nitrogen and oxygen atoms in total. The molecule has 0 unspecified atom stereocenters. The van der Waals surface area contributed by atoms with Gasteiger partial charge < -0.3 is 18.7 Å². The predicted molar refractivity (Wildman–Crippen MR) is 191 cm³/mol. The minimum Gasteiger partial charge on any atom is -0.495 e. The first-order chi connectivity index (χ1) is 23.7. The largest absolute Gasteiger partial charge is 0.534 e. The highest BCUT2D eigenvalue weighted by molar-refractivity contribution is 7.88. The van der Waals surface area contributed by atoms with Crippen LogP contribution < -0.4 is 18.7 Å². The number of fused-ring (bicyclic) bond motifs is 3. The van der Waals surface area contributed by atoms with Crippen LogP contribution in [-0.2, 0) is 10.1 Å². The molecule has 0 fully saturated rings. The Kier molecular flexibility index (Phi) is 8.39. The SMILES string of the molecule is COc1ccc(N(c2ccccc2)c2ccccc2)c2c1sc1c(OS(=O)(=O)C(F)(F)F)cc(N(c3ccccc3)c3ccccc3)cc12. The first-order valence-corrected chi connectivity index (χ1v) is 17.3. The van der Waals surface area contributed by atoms with Gasteiger partial charge in [-0.25, -0.2) is 0 Å². The van der Waals surface area contributed by atoms with Crippen molar-refractivity contribution in [2.24, 2.45) is 0 Å². The minimum absolute atomic E-state index is 0.208. The lowest BCUT2D eigenvalue weighted by molar-refractivity contribution is -0.0499. The highest BCUT2D eigenvalue weighted by Gasteiger charge is 2.49. The second-order valence-corrected chi connectivity index (χ2v) is 13.5. The molecule has 0 N–H and O–H groups in total. The van der Waals surface area contributed by atoms with Gasteiger partial charge in [0.1, 0.15) is 5.75 Å². The van der Waals surface area contributed by atoms with Crippen molar-refractivity contribution in [2.75, 3.05) is 16.9 Å². The highest BCUT2D eigenvalue weighted by atomic mass is 32.2. The standard InChI is InChI=1S/C38H27F3N2O4S2/c1-46-33-23-22-32(43(28-18-10-4-11-19-28)29-20-12-5-13-21-29)35-31-24-30(42(26-14-6-2-7-15-26)27-16-8-3-9-17-27)25-34(36(31)48-37(33)35)47-49(44,45)38(39,40)41/h2-25H,1H3. The molecule has 11 heteroatoms. The van der Waals surface area contributed by atoms with Crippen LogP contribution in [0.3, 0.4) is 0 Å². The number of anilines is 6. The number of hydrogen-bond acceptors (Lipinski definition) is 7. The van der Waals surface area contributed by atoms with E-state index >= 15 is 0 Å². The molecule has 0 radical (unpaired) electrons. The third-order valence-electron chi connectivity index (χ3n) is 7.87. The van der Waals surface area contributed by atoms with Crippen LogP contribution in [0.25, 0.3) is 20.2 Å². The van der Waals surface area contributed by atoms with Crippen LogP contribution in [0.1, 0.15) is 0 Å². The maximum Gasteiger partial charge on any atom is 0.534 e. The Labute approximate surface area is 284 Å². The van der Waals surface area contributed by atoms with Gasteiger partial charge in [0.05, 0.1) is 27.9 Å². The second kappa shape index (κ2) is 12.8. The molecule has 246 valence electrons. The Hall–Kier alpha value is -5.52. The van der Waals surface area contributed by atoms with Crippen molar-refractivity contribution in [3.63, 3.8) is 0 Å². The monoisotopic (exact) mass is 696 g/mol. The fourth-order valence-corrected chi connectivity index (χ4v) is 7.54. The average Bonchev–Trinajstić information content (AvgIpc) is 3.50. The normalized spacial score (nSPS) is 11.8. The zero-order chi connectivity index (χ0) is 34.2. The van der Waals surface area contributed by atoms with E-state index in [0.717, 1.165) is 22.7 Å². The van der Waals surface area contributed by atoms with E-state index in [1.807, 2.05) is 143 Å². The molecule has 0 aliphatic rings. The van der Waals surface area contributed by atoms with E-state index in [1.165, 1.54) is 13.2 Å². The third kappa shape index (κ3) is 6.03. The van der Waals surface area contributed by atoms with Crippen molar-refractivity contribution < 1.29 is 30.5 Å². The van der Waals surface area contributed by atoms with Crippen LogP contribution in [0.4, 0.5) is 47.3 Å². The summed E-state index contributed by atoms with van der Waals surface area (Å²) in [5.74, 6) is 0.0111. The van der Waals surface area contributed by atoms with Gasteiger partial charge in [-0.05, 0) is 66.7 Å². The Morgan fingerprint density at radius 3 is 1.49 bits per heavy atom. The van der Waals surface area contributed by atoms with Gasteiger partial charge >= 0.3 is 15.6 Å². The van der Waals surface area contributed by atoms with E-state index in [2.05, 4.69) is 0 Å². The molecule has 0 saturated carbocycles. The lowest BCUT2D eigenvalue weighted by Gasteiger charge is -2.27. The van der Waals surface area contributed by atoms with E-state index in [4.69, 9.17) is 8.92 Å². The van der Waals surface area contributed by atoms with Gasteiger partial charge in [0.15, 0.2) is 5.75 Å². The van der Waals surface area contributed by atoms with Crippen LogP contribution in [0, 0.1) is 0 Å². The molecule has 0 amide bonds. The zero-order valence-corrected chi connectivity index (χ0v) is 27.5. The Balaban J connectivity index is 1.60. The summed E-state index contributed by atoms with van der Waals surface area (Å²) in [6, 6.07) is 44.7. The summed E-state index contributed by atoms with van der Waals surface area (Å²) in [6.07, 6.45) is 0. The number of para-hydroxylation sites is 4. The van der Waals surface area contributed by atoms with Crippen molar-refractivity contribution in [3.8, 4) is 11.5 Å². The van der Waals surface area contributed by atoms with Gasteiger partial charge in [0, 0.05) is 39.6 Å². The molecule has 7 rings (SSSR count). The molecule has 0 spiro atoms. The lowest BCUT2D eigenvalue weighted by atomic mass is 10.1. The summed E-state index contributed by atoms with van der Waals surface area (Å²) in [6.45, 7) is 0. The number of thiophene rings is 1. The lowest BCUT2D eigenvalue weighted by Crippen LogP contribution is -2.28. The van der Waals surface area contributed by atoms with E-state index < -0.39 is 21.4 Å². The van der Waals surface area contributed by atoms with Crippen LogP contribution in [0.15, 0.2) is 146 Å². The third-order valence-corrected chi connectivity index (χ3v) is 10.1. The molecular formula is C38H27F3N2O4S2. The molecule has 49 heavy (non-hydrogen) atoms. The quantitative estimate of drug-likeness (QED) is 0.111. The number of methoxy groups -OCH3 is 1. The minimum atomic E-state index is -6.03. The summed E-state index contributed by atoms with van der Waals surface area (Å²) < 4.78 is 78.2. The van der Waals surface area contributed by atoms with Crippen molar-refractivity contribution >= 4 is 75.8 Å². The van der Waals surface area contributed by atoms with Crippen molar-refractivity contribution in [1.82, 2.24) is 0 Å². The summed E-state index contributed by atoms with van der Waals surface area (Å²) >= 11 is 1.10. The Morgan fingerprint density at radius 2 is 1.04 bits per heavy atom. The van der Waals surface area contributed by atoms with Crippen molar-refractivity contribution in [3.05, 3.63) is 146 Å². The number of hydrogen-bond donors (Lipinski definition) is 0. The van der Waals surface area contributed by atoms with Crippen LogP contribution in [0.5, 0.6) is 11.5 Å². The molecule has 0 saturated heterocycles. The molecule has 0 aliphatic carbocycles. The molecular weight excluding hydrogens is 670 g/mol. The van der Waals surface area contributed by atoms with Gasteiger partial charge in [-0.15, -0.1) is 11.3 Å². The first kappa shape index (κ1) is 32.0. The number of halogens is 3. The first-order valence-electron chi connectivity index (χ1n) is 15.0. The smallest absolute Gasteiger partial charge is 0.495 e. The van der Waals surface area contributed by atoms with Crippen LogP contribution in [0.2, 0.25) is 0 Å². The maximum atomic E-state index is 13.8. The average molecular weight is 697 g/mol. The fraction of sp³-hybridized carbons (Fsp3) is 0.0526. The predicted octanol–water partition coefficient (Wildman–Crippen LogP) is 11.2. The van der Waals surface area contributed by atoms with Crippen LogP contribution in [-0.4, -0.2) is 21.0 Å². The van der Waals surface area contributed by atoms with Crippen molar-refractivity contribution in [2.45, 2.75) is 5.51 Å². The summed E-state index contributed by atoms with van der Waals surface area (Å²) in [5.41, 5.74) is -1.49. The number of ether oxygens (including phenoxy) is 1. The molecule has 7 aromatic rings. The number of nitrogens with zero attached hydrogens (tertiary/aromatic N) is 2. The summed E-state index contributed by atoms with van der Waals surface area (Å²) in [7, 11) is -4.52. The molecule has 0 bridgehead atoms. The maximum absolute atomic E-state index is 13.8. The molecule has 0 aliphatic heterocycles. The van der Waals surface area contributed by atoms with E-state index in [9.17, 15) is 21.6 Å². The zero-order valence-electron chi connectivity index (χ0n) is 25.8. The van der Waals surface area contributed by atoms with Gasteiger partial charge in [0.25, 0.3) is 0 Å². The van der Waals surface area contributed by atoms with Gasteiger partial charge in [-0.1, -0.05) is 72.8 Å². The molecule has 6 aromatic carbocycles. The summed E-state index contributed by atoms with van der Waals surface area (Å²) in [4.78, 5) is 3.88. The van der Waals surface area contributed by atoms with E-state index in [0.29, 0.717) is 44.0 Å².